The number of anilines is 1. The van der Waals surface area contributed by atoms with Crippen LogP contribution in [0.4, 0.5) is 5.13 Å². The zero-order valence-corrected chi connectivity index (χ0v) is 18.5. The Labute approximate surface area is 186 Å². The van der Waals surface area contributed by atoms with Gasteiger partial charge in [-0.1, -0.05) is 11.2 Å². The minimum absolute atomic E-state index is 0.135. The standard InChI is InChI=1S/C17H20N6O7S2/c1-3-4-5-30-21-12(10-8-31-17(18)20-10)14(24)19-9-6-22-7-11(32(2,28)29)13(16(26)27)23(22)15(9)25/h3,8-9H,1,4-7H2,2H3,(H2,18,20)(H,19,24)(H,26,27)/b21-12+/t9-/m0/s1. The fraction of sp³-hybridized carbons (Fsp3) is 0.353. The van der Waals surface area contributed by atoms with Crippen molar-refractivity contribution in [2.75, 3.05) is 31.7 Å². The van der Waals surface area contributed by atoms with Crippen molar-refractivity contribution in [2.24, 2.45) is 5.16 Å². The van der Waals surface area contributed by atoms with Crippen molar-refractivity contribution in [1.29, 1.82) is 0 Å². The quantitative estimate of drug-likeness (QED) is 0.168. The summed E-state index contributed by atoms with van der Waals surface area (Å²) in [4.78, 5) is 46.1. The lowest BCUT2D eigenvalue weighted by atomic mass is 10.2. The van der Waals surface area contributed by atoms with E-state index in [1.807, 2.05) is 0 Å². The molecular weight excluding hydrogens is 464 g/mol. The number of aromatic nitrogens is 1. The first-order valence-electron chi connectivity index (χ1n) is 9.13. The summed E-state index contributed by atoms with van der Waals surface area (Å²) in [7, 11) is -3.85. The highest BCUT2D eigenvalue weighted by atomic mass is 32.2. The summed E-state index contributed by atoms with van der Waals surface area (Å²) in [5.41, 5.74) is 4.89. The van der Waals surface area contributed by atoms with E-state index in [9.17, 15) is 27.9 Å². The van der Waals surface area contributed by atoms with Gasteiger partial charge in [-0.15, -0.1) is 17.9 Å². The molecule has 1 aromatic heterocycles. The number of sulfone groups is 1. The van der Waals surface area contributed by atoms with E-state index in [0.29, 0.717) is 6.42 Å². The van der Waals surface area contributed by atoms with Gasteiger partial charge in [0.25, 0.3) is 11.8 Å². The van der Waals surface area contributed by atoms with Crippen LogP contribution in [0.5, 0.6) is 0 Å². The number of rotatable bonds is 9. The number of aliphatic carboxylic acids is 1. The molecule has 2 aliphatic rings. The Morgan fingerprint density at radius 3 is 2.81 bits per heavy atom. The van der Waals surface area contributed by atoms with Crippen LogP contribution in [0.25, 0.3) is 0 Å². The number of thiazole rings is 1. The molecule has 13 nitrogen and oxygen atoms in total. The number of carbonyl (C=O) groups is 3. The van der Waals surface area contributed by atoms with Crippen molar-refractivity contribution in [3.05, 3.63) is 34.3 Å². The van der Waals surface area contributed by atoms with Crippen LogP contribution >= 0.6 is 11.3 Å². The Bertz CT molecular complexity index is 1140. The normalized spacial score (nSPS) is 19.3. The molecule has 3 heterocycles. The molecule has 1 atom stereocenters. The van der Waals surface area contributed by atoms with Crippen LogP contribution in [0.1, 0.15) is 12.1 Å². The average Bonchev–Trinajstić information content (AvgIpc) is 3.37. The number of carboxylic acid groups (broad SMARTS) is 1. The molecule has 3 rings (SSSR count). The van der Waals surface area contributed by atoms with Gasteiger partial charge in [0.1, 0.15) is 18.3 Å². The highest BCUT2D eigenvalue weighted by molar-refractivity contribution is 7.94. The lowest BCUT2D eigenvalue weighted by molar-refractivity contribution is -0.143. The number of amides is 2. The van der Waals surface area contributed by atoms with Crippen molar-refractivity contribution in [3.63, 3.8) is 0 Å². The number of nitrogens with one attached hydrogen (secondary N) is 1. The maximum Gasteiger partial charge on any atom is 0.355 e. The molecule has 0 spiro atoms. The van der Waals surface area contributed by atoms with Gasteiger partial charge in [0.05, 0.1) is 11.4 Å². The van der Waals surface area contributed by atoms with Crippen LogP contribution in [0, 0.1) is 0 Å². The lowest BCUT2D eigenvalue weighted by Gasteiger charge is -2.18. The van der Waals surface area contributed by atoms with Crippen molar-refractivity contribution in [1.82, 2.24) is 20.3 Å². The second kappa shape index (κ2) is 9.05. The van der Waals surface area contributed by atoms with Gasteiger partial charge in [-0.25, -0.2) is 28.2 Å². The lowest BCUT2D eigenvalue weighted by Crippen LogP contribution is -2.46. The number of hydrazine groups is 1. The van der Waals surface area contributed by atoms with Crippen molar-refractivity contribution >= 4 is 49.8 Å². The molecular formula is C17H20N6O7S2. The SMILES string of the molecule is C=CCCO/N=C(/C(=O)N[C@H]1CN2CC(S(C)(=O)=O)=C(C(=O)O)N2C1=O)c1csc(N)n1. The Balaban J connectivity index is 1.82. The second-order valence-corrected chi connectivity index (χ2v) is 9.72. The summed E-state index contributed by atoms with van der Waals surface area (Å²) in [6.07, 6.45) is 2.95. The molecule has 0 saturated carbocycles. The molecule has 32 heavy (non-hydrogen) atoms. The first-order chi connectivity index (χ1) is 15.0. The molecule has 4 N–H and O–H groups in total. The van der Waals surface area contributed by atoms with E-state index in [1.54, 1.807) is 6.08 Å². The zero-order chi connectivity index (χ0) is 23.6. The summed E-state index contributed by atoms with van der Waals surface area (Å²) in [6.45, 7) is 3.28. The monoisotopic (exact) mass is 484 g/mol. The molecule has 0 radical (unpaired) electrons. The molecule has 172 valence electrons. The van der Waals surface area contributed by atoms with E-state index < -0.39 is 39.4 Å². The zero-order valence-electron chi connectivity index (χ0n) is 16.8. The Morgan fingerprint density at radius 2 is 2.25 bits per heavy atom. The van der Waals surface area contributed by atoms with E-state index in [1.165, 1.54) is 10.4 Å². The van der Waals surface area contributed by atoms with Crippen LogP contribution in [-0.4, -0.2) is 84.0 Å². The smallest absolute Gasteiger partial charge is 0.355 e. The maximum atomic E-state index is 12.8. The van der Waals surface area contributed by atoms with E-state index in [4.69, 9.17) is 10.6 Å². The highest BCUT2D eigenvalue weighted by Gasteiger charge is 2.50. The molecule has 1 saturated heterocycles. The predicted molar refractivity (Wildman–Crippen MR) is 114 cm³/mol. The molecule has 0 aliphatic carbocycles. The Hall–Kier alpha value is -3.30. The van der Waals surface area contributed by atoms with Crippen molar-refractivity contribution in [2.45, 2.75) is 12.5 Å². The Morgan fingerprint density at radius 1 is 1.53 bits per heavy atom. The number of fused-ring (bicyclic) bond motifs is 1. The summed E-state index contributed by atoms with van der Waals surface area (Å²) < 4.78 is 23.9. The highest BCUT2D eigenvalue weighted by Crippen LogP contribution is 2.31. The number of hydrogen-bond acceptors (Lipinski definition) is 11. The molecule has 2 aliphatic heterocycles. The van der Waals surface area contributed by atoms with Crippen LogP contribution in [0.15, 0.2) is 33.8 Å². The first kappa shape index (κ1) is 23.4. The fourth-order valence-electron chi connectivity index (χ4n) is 3.09. The van der Waals surface area contributed by atoms with E-state index in [2.05, 4.69) is 22.0 Å². The molecule has 1 fully saturated rings. The minimum atomic E-state index is -3.85. The van der Waals surface area contributed by atoms with Crippen LogP contribution in [0.3, 0.4) is 0 Å². The predicted octanol–water partition coefficient (Wildman–Crippen LogP) is -1.08. The van der Waals surface area contributed by atoms with E-state index in [-0.39, 0.29) is 41.1 Å². The topological polar surface area (TPSA) is 185 Å². The second-order valence-electron chi connectivity index (χ2n) is 6.79. The summed E-state index contributed by atoms with van der Waals surface area (Å²) >= 11 is 1.08. The van der Waals surface area contributed by atoms with Crippen molar-refractivity contribution < 1.29 is 32.7 Å². The fourth-order valence-corrected chi connectivity index (χ4v) is 4.54. The number of nitrogens with two attached hydrogens (primary N) is 1. The minimum Gasteiger partial charge on any atom is -0.476 e. The Kier molecular flexibility index (Phi) is 6.61. The molecule has 0 bridgehead atoms. The van der Waals surface area contributed by atoms with Crippen LogP contribution < -0.4 is 11.1 Å². The van der Waals surface area contributed by atoms with Gasteiger partial charge in [0.2, 0.25) is 0 Å². The summed E-state index contributed by atoms with van der Waals surface area (Å²) in [6, 6.07) is -1.15. The number of carboxylic acids is 1. The average molecular weight is 485 g/mol. The van der Waals surface area contributed by atoms with Gasteiger partial charge in [-0.05, 0) is 0 Å². The number of carbonyl (C=O) groups excluding carboxylic acids is 2. The largest absolute Gasteiger partial charge is 0.476 e. The summed E-state index contributed by atoms with van der Waals surface area (Å²) in [5.74, 6) is -3.15. The maximum absolute atomic E-state index is 12.8. The summed E-state index contributed by atoms with van der Waals surface area (Å²) in [5, 5.41) is 19.4. The third kappa shape index (κ3) is 4.63. The third-order valence-electron chi connectivity index (χ3n) is 4.49. The van der Waals surface area contributed by atoms with Gasteiger partial charge < -0.3 is 21.0 Å². The first-order valence-corrected chi connectivity index (χ1v) is 11.9. The molecule has 0 unspecified atom stereocenters. The van der Waals surface area contributed by atoms with E-state index in [0.717, 1.165) is 22.6 Å². The number of nitrogens with zero attached hydrogens (tertiary/aromatic N) is 4. The van der Waals surface area contributed by atoms with Gasteiger partial charge in [-0.2, -0.15) is 0 Å². The van der Waals surface area contributed by atoms with Gasteiger partial charge >= 0.3 is 5.97 Å². The van der Waals surface area contributed by atoms with Gasteiger partial charge in [-0.3, -0.25) is 9.59 Å². The van der Waals surface area contributed by atoms with Crippen LogP contribution in [-0.2, 0) is 29.1 Å². The number of hydrogen-bond donors (Lipinski definition) is 3. The van der Waals surface area contributed by atoms with E-state index >= 15 is 0 Å². The molecule has 2 amide bonds. The molecule has 1 aromatic rings. The third-order valence-corrected chi connectivity index (χ3v) is 6.38. The van der Waals surface area contributed by atoms with Crippen molar-refractivity contribution in [3.8, 4) is 0 Å². The van der Waals surface area contributed by atoms with Gasteiger partial charge in [0.15, 0.2) is 26.4 Å². The number of nitrogen functional groups attached to an aromatic ring is 1. The number of oxime groups is 1. The molecule has 0 aromatic carbocycles. The van der Waals surface area contributed by atoms with Gasteiger partial charge in [0, 0.05) is 24.6 Å². The van der Waals surface area contributed by atoms with Crippen LogP contribution in [0.2, 0.25) is 0 Å². The molecule has 15 heteroatoms.